The third-order valence-electron chi connectivity index (χ3n) is 3.05. The Labute approximate surface area is 110 Å². The number of nitrogen functional groups attached to an aromatic ring is 1. The summed E-state index contributed by atoms with van der Waals surface area (Å²) in [5.74, 6) is 1.27. The summed E-state index contributed by atoms with van der Waals surface area (Å²) in [5, 5.41) is 11.0. The molecule has 3 nitrogen and oxygen atoms in total. The van der Waals surface area contributed by atoms with Gasteiger partial charge in [-0.05, 0) is 43.2 Å². The molecule has 0 spiro atoms. The summed E-state index contributed by atoms with van der Waals surface area (Å²) in [6.45, 7) is 10.4. The fraction of sp³-hybridized carbons (Fsp3) is 0.667. The lowest BCUT2D eigenvalue weighted by atomic mass is 9.79. The Hall–Kier alpha value is -1.09. The van der Waals surface area contributed by atoms with Crippen LogP contribution < -0.4 is 5.73 Å². The minimum absolute atomic E-state index is 0.411. The van der Waals surface area contributed by atoms with Gasteiger partial charge in [-0.15, -0.1) is 0 Å². The predicted molar refractivity (Wildman–Crippen MR) is 76.2 cm³/mol. The van der Waals surface area contributed by atoms with Crippen molar-refractivity contribution in [1.29, 1.82) is 0 Å². The van der Waals surface area contributed by atoms with Crippen LogP contribution in [0.1, 0.15) is 51.7 Å². The average molecular weight is 250 g/mol. The molecule has 0 unspecified atom stereocenters. The molecule has 0 fully saturated rings. The molecule has 1 aromatic heterocycles. The topological polar surface area (TPSA) is 59.1 Å². The van der Waals surface area contributed by atoms with E-state index in [1.807, 2.05) is 13.0 Å². The number of nitrogens with zero attached hydrogens (tertiary/aromatic N) is 1. The van der Waals surface area contributed by atoms with E-state index in [-0.39, 0.29) is 0 Å². The summed E-state index contributed by atoms with van der Waals surface area (Å²) < 4.78 is 0. The van der Waals surface area contributed by atoms with Crippen LogP contribution in [0.15, 0.2) is 12.3 Å². The summed E-state index contributed by atoms with van der Waals surface area (Å²) in [5.41, 5.74) is 6.90. The van der Waals surface area contributed by atoms with Crippen molar-refractivity contribution in [2.75, 3.05) is 5.73 Å². The molecule has 0 aliphatic rings. The Morgan fingerprint density at radius 2 is 1.72 bits per heavy atom. The summed E-state index contributed by atoms with van der Waals surface area (Å²) in [6.07, 6.45) is 3.16. The van der Waals surface area contributed by atoms with Crippen molar-refractivity contribution < 1.29 is 5.11 Å². The summed E-state index contributed by atoms with van der Waals surface area (Å²) >= 11 is 0. The summed E-state index contributed by atoms with van der Waals surface area (Å²) in [4.78, 5) is 4.18. The van der Waals surface area contributed by atoms with Crippen LogP contribution in [-0.4, -0.2) is 10.1 Å². The van der Waals surface area contributed by atoms with Gasteiger partial charge in [0.15, 0.2) is 0 Å². The predicted octanol–water partition coefficient (Wildman–Crippen LogP) is 3.25. The van der Waals surface area contributed by atoms with Crippen molar-refractivity contribution in [3.63, 3.8) is 0 Å². The quantitative estimate of drug-likeness (QED) is 0.843. The Bertz CT molecular complexity index is 389. The molecule has 102 valence electrons. The van der Waals surface area contributed by atoms with E-state index >= 15 is 0 Å². The highest BCUT2D eigenvalue weighted by Crippen LogP contribution is 2.37. The molecule has 3 heteroatoms. The molecule has 0 aromatic carbocycles. The zero-order valence-corrected chi connectivity index (χ0v) is 12.2. The van der Waals surface area contributed by atoms with Crippen LogP contribution in [0.5, 0.6) is 0 Å². The molecule has 0 saturated carbocycles. The Morgan fingerprint density at radius 1 is 1.22 bits per heavy atom. The maximum atomic E-state index is 11.0. The van der Waals surface area contributed by atoms with Crippen LogP contribution in [0.2, 0.25) is 0 Å². The minimum atomic E-state index is -0.870. The average Bonchev–Trinajstić information content (AvgIpc) is 2.19. The Balaban J connectivity index is 3.19. The lowest BCUT2D eigenvalue weighted by Crippen LogP contribution is -2.31. The highest BCUT2D eigenvalue weighted by molar-refractivity contribution is 5.44. The molecular formula is C15H26N2O. The molecule has 1 aromatic rings. The van der Waals surface area contributed by atoms with Crippen LogP contribution >= 0.6 is 0 Å². The van der Waals surface area contributed by atoms with Gasteiger partial charge in [0, 0.05) is 11.8 Å². The third kappa shape index (κ3) is 3.70. The lowest BCUT2D eigenvalue weighted by Gasteiger charge is -2.33. The van der Waals surface area contributed by atoms with E-state index in [2.05, 4.69) is 32.7 Å². The lowest BCUT2D eigenvalue weighted by molar-refractivity contribution is -0.00407. The molecule has 0 atom stereocenters. The smallest absolute Gasteiger partial charge is 0.129 e. The molecule has 1 heterocycles. The van der Waals surface area contributed by atoms with Gasteiger partial charge in [-0.2, -0.15) is 0 Å². The molecule has 1 rings (SSSR count). The summed E-state index contributed by atoms with van der Waals surface area (Å²) in [7, 11) is 0. The molecular weight excluding hydrogens is 224 g/mol. The molecule has 0 saturated heterocycles. The van der Waals surface area contributed by atoms with Crippen LogP contribution in [0, 0.1) is 18.8 Å². The van der Waals surface area contributed by atoms with E-state index in [1.165, 1.54) is 0 Å². The van der Waals surface area contributed by atoms with Crippen molar-refractivity contribution in [3.05, 3.63) is 23.4 Å². The number of nitrogens with two attached hydrogens (primary N) is 1. The summed E-state index contributed by atoms with van der Waals surface area (Å²) in [6, 6.07) is 1.97. The van der Waals surface area contributed by atoms with Crippen LogP contribution in [-0.2, 0) is 5.60 Å². The zero-order chi connectivity index (χ0) is 13.9. The molecule has 0 radical (unpaired) electrons. The van der Waals surface area contributed by atoms with E-state index in [0.29, 0.717) is 30.5 Å². The Kier molecular flexibility index (Phi) is 4.74. The van der Waals surface area contributed by atoms with Crippen molar-refractivity contribution in [1.82, 2.24) is 4.98 Å². The largest absolute Gasteiger partial charge is 0.385 e. The highest BCUT2D eigenvalue weighted by atomic mass is 16.3. The normalized spacial score (nSPS) is 12.4. The first-order valence-electron chi connectivity index (χ1n) is 6.69. The monoisotopic (exact) mass is 250 g/mol. The van der Waals surface area contributed by atoms with Crippen LogP contribution in [0.4, 0.5) is 5.82 Å². The first kappa shape index (κ1) is 15.0. The fourth-order valence-electron chi connectivity index (χ4n) is 2.61. The second kappa shape index (κ2) is 5.70. The second-order valence-corrected chi connectivity index (χ2v) is 6.17. The number of rotatable bonds is 5. The van der Waals surface area contributed by atoms with Crippen LogP contribution in [0.3, 0.4) is 0 Å². The number of anilines is 1. The van der Waals surface area contributed by atoms with E-state index < -0.39 is 5.60 Å². The van der Waals surface area contributed by atoms with Crippen molar-refractivity contribution >= 4 is 5.82 Å². The van der Waals surface area contributed by atoms with E-state index in [9.17, 15) is 5.11 Å². The van der Waals surface area contributed by atoms with Gasteiger partial charge >= 0.3 is 0 Å². The van der Waals surface area contributed by atoms with Gasteiger partial charge in [0.1, 0.15) is 5.82 Å². The Morgan fingerprint density at radius 3 is 2.17 bits per heavy atom. The van der Waals surface area contributed by atoms with Gasteiger partial charge in [-0.3, -0.25) is 0 Å². The van der Waals surface area contributed by atoms with E-state index in [1.54, 1.807) is 6.20 Å². The number of hydrogen-bond acceptors (Lipinski definition) is 3. The van der Waals surface area contributed by atoms with Crippen LogP contribution in [0.25, 0.3) is 0 Å². The zero-order valence-electron chi connectivity index (χ0n) is 12.2. The van der Waals surface area contributed by atoms with Gasteiger partial charge in [-0.1, -0.05) is 27.7 Å². The van der Waals surface area contributed by atoms with Gasteiger partial charge in [0.05, 0.1) is 5.60 Å². The van der Waals surface area contributed by atoms with Crippen molar-refractivity contribution in [3.8, 4) is 0 Å². The number of aryl methyl sites for hydroxylation is 1. The van der Waals surface area contributed by atoms with Gasteiger partial charge < -0.3 is 10.8 Å². The number of aromatic nitrogens is 1. The second-order valence-electron chi connectivity index (χ2n) is 6.17. The van der Waals surface area contributed by atoms with Gasteiger partial charge in [0.25, 0.3) is 0 Å². The maximum Gasteiger partial charge on any atom is 0.129 e. The van der Waals surface area contributed by atoms with Crippen molar-refractivity contribution in [2.45, 2.75) is 53.1 Å². The first-order valence-corrected chi connectivity index (χ1v) is 6.69. The molecule has 0 bridgehead atoms. The molecule has 3 N–H and O–H groups in total. The number of hydrogen-bond donors (Lipinski definition) is 2. The first-order chi connectivity index (χ1) is 8.24. The molecule has 0 amide bonds. The van der Waals surface area contributed by atoms with Crippen molar-refractivity contribution in [2.24, 2.45) is 11.8 Å². The van der Waals surface area contributed by atoms with E-state index in [4.69, 9.17) is 5.73 Å². The van der Waals surface area contributed by atoms with Gasteiger partial charge in [0.2, 0.25) is 0 Å². The fourth-order valence-corrected chi connectivity index (χ4v) is 2.61. The molecule has 0 aliphatic heterocycles. The van der Waals surface area contributed by atoms with E-state index in [0.717, 1.165) is 11.1 Å². The van der Waals surface area contributed by atoms with Gasteiger partial charge in [-0.25, -0.2) is 4.98 Å². The third-order valence-corrected chi connectivity index (χ3v) is 3.05. The number of pyridine rings is 1. The highest BCUT2D eigenvalue weighted by Gasteiger charge is 2.33. The standard InChI is InChI=1S/C15H26N2O/c1-10(2)7-15(18,8-11(3)4)13-6-12(5)9-17-14(13)16/h6,9-11,18H,7-8H2,1-5H3,(H2,16,17). The minimum Gasteiger partial charge on any atom is -0.385 e. The number of aliphatic hydroxyl groups is 1. The molecule has 18 heavy (non-hydrogen) atoms. The maximum absolute atomic E-state index is 11.0. The molecule has 0 aliphatic carbocycles. The SMILES string of the molecule is Cc1cnc(N)c(C(O)(CC(C)C)CC(C)C)c1.